The number of nitrogens with one attached hydrogen (secondary N) is 1. The SMILES string of the molecule is CCCc1noc([C@H](C)N[C@H]2CCN(C(=O)C(C)C)C[C@@H]2C)n1. The average Bonchev–Trinajstić information content (AvgIpc) is 2.97. The first kappa shape index (κ1) is 17.9. The topological polar surface area (TPSA) is 71.3 Å². The third-order valence-corrected chi connectivity index (χ3v) is 4.50. The third kappa shape index (κ3) is 4.53. The summed E-state index contributed by atoms with van der Waals surface area (Å²) in [7, 11) is 0. The van der Waals surface area contributed by atoms with Crippen molar-refractivity contribution < 1.29 is 9.32 Å². The van der Waals surface area contributed by atoms with Crippen LogP contribution < -0.4 is 5.32 Å². The van der Waals surface area contributed by atoms with Crippen molar-refractivity contribution in [3.63, 3.8) is 0 Å². The van der Waals surface area contributed by atoms with Gasteiger partial charge in [-0.1, -0.05) is 32.9 Å². The Morgan fingerprint density at radius 1 is 1.43 bits per heavy atom. The molecule has 0 bridgehead atoms. The molecule has 2 heterocycles. The molecule has 23 heavy (non-hydrogen) atoms. The first-order valence-corrected chi connectivity index (χ1v) is 8.79. The Kier molecular flexibility index (Phi) is 6.16. The standard InChI is InChI=1S/C17H30N4O2/c1-6-7-15-19-16(23-20-15)13(5)18-14-8-9-21(10-12(14)4)17(22)11(2)3/h11-14,18H,6-10H2,1-5H3/t12-,13-,14-/m0/s1. The summed E-state index contributed by atoms with van der Waals surface area (Å²) in [5.74, 6) is 2.17. The van der Waals surface area contributed by atoms with Crippen molar-refractivity contribution in [2.24, 2.45) is 11.8 Å². The molecule has 0 spiro atoms. The second-order valence-electron chi connectivity index (χ2n) is 7.00. The van der Waals surface area contributed by atoms with Crippen LogP contribution >= 0.6 is 0 Å². The van der Waals surface area contributed by atoms with Crippen molar-refractivity contribution in [2.45, 2.75) is 66.0 Å². The smallest absolute Gasteiger partial charge is 0.243 e. The van der Waals surface area contributed by atoms with Gasteiger partial charge in [-0.25, -0.2) is 0 Å². The van der Waals surface area contributed by atoms with E-state index in [0.29, 0.717) is 17.9 Å². The van der Waals surface area contributed by atoms with Crippen molar-refractivity contribution in [2.75, 3.05) is 13.1 Å². The van der Waals surface area contributed by atoms with E-state index in [0.717, 1.165) is 38.2 Å². The predicted molar refractivity (Wildman–Crippen MR) is 88.8 cm³/mol. The highest BCUT2D eigenvalue weighted by Gasteiger charge is 2.31. The highest BCUT2D eigenvalue weighted by Crippen LogP contribution is 2.22. The van der Waals surface area contributed by atoms with Crippen LogP contribution in [0.15, 0.2) is 4.52 Å². The maximum atomic E-state index is 12.1. The van der Waals surface area contributed by atoms with Crippen molar-refractivity contribution in [1.29, 1.82) is 0 Å². The van der Waals surface area contributed by atoms with Gasteiger partial charge in [0.2, 0.25) is 11.8 Å². The van der Waals surface area contributed by atoms with Gasteiger partial charge < -0.3 is 14.7 Å². The Hall–Kier alpha value is -1.43. The molecule has 0 aromatic carbocycles. The van der Waals surface area contributed by atoms with Gasteiger partial charge in [-0.2, -0.15) is 4.98 Å². The lowest BCUT2D eigenvalue weighted by Gasteiger charge is -2.39. The number of hydrogen-bond donors (Lipinski definition) is 1. The highest BCUT2D eigenvalue weighted by atomic mass is 16.5. The number of rotatable bonds is 6. The van der Waals surface area contributed by atoms with E-state index >= 15 is 0 Å². The summed E-state index contributed by atoms with van der Waals surface area (Å²) in [6.45, 7) is 11.9. The number of piperidine rings is 1. The zero-order valence-corrected chi connectivity index (χ0v) is 15.0. The molecule has 0 unspecified atom stereocenters. The molecule has 1 aliphatic rings. The summed E-state index contributed by atoms with van der Waals surface area (Å²) in [5, 5.41) is 7.61. The van der Waals surface area contributed by atoms with E-state index in [1.807, 2.05) is 18.7 Å². The van der Waals surface area contributed by atoms with Gasteiger partial charge in [0.05, 0.1) is 6.04 Å². The Morgan fingerprint density at radius 3 is 2.78 bits per heavy atom. The van der Waals surface area contributed by atoms with Crippen LogP contribution in [0.4, 0.5) is 0 Å². The van der Waals surface area contributed by atoms with Crippen LogP contribution in [0.2, 0.25) is 0 Å². The zero-order chi connectivity index (χ0) is 17.0. The number of aromatic nitrogens is 2. The molecule has 0 aliphatic carbocycles. The van der Waals surface area contributed by atoms with Crippen LogP contribution in [0.3, 0.4) is 0 Å². The summed E-state index contributed by atoms with van der Waals surface area (Å²) >= 11 is 0. The van der Waals surface area contributed by atoms with Crippen LogP contribution in [0.1, 0.15) is 65.2 Å². The fraction of sp³-hybridized carbons (Fsp3) is 0.824. The first-order valence-electron chi connectivity index (χ1n) is 8.79. The second-order valence-corrected chi connectivity index (χ2v) is 7.00. The van der Waals surface area contributed by atoms with Gasteiger partial charge in [-0.05, 0) is 25.7 Å². The van der Waals surface area contributed by atoms with Gasteiger partial charge in [0.1, 0.15) is 0 Å². The van der Waals surface area contributed by atoms with Crippen molar-refractivity contribution >= 4 is 5.91 Å². The molecular formula is C17H30N4O2. The van der Waals surface area contributed by atoms with E-state index in [2.05, 4.69) is 36.2 Å². The minimum atomic E-state index is 0.0351. The molecule has 1 N–H and O–H groups in total. The fourth-order valence-corrected chi connectivity index (χ4v) is 3.12. The Balaban J connectivity index is 1.89. The molecule has 0 radical (unpaired) electrons. The minimum absolute atomic E-state index is 0.0351. The van der Waals surface area contributed by atoms with Crippen molar-refractivity contribution in [3.8, 4) is 0 Å². The highest BCUT2D eigenvalue weighted by molar-refractivity contribution is 5.78. The van der Waals surface area contributed by atoms with E-state index in [9.17, 15) is 4.79 Å². The quantitative estimate of drug-likeness (QED) is 0.871. The molecule has 3 atom stereocenters. The first-order chi connectivity index (χ1) is 10.9. The number of carbonyl (C=O) groups excluding carboxylic acids is 1. The Morgan fingerprint density at radius 2 is 2.17 bits per heavy atom. The molecule has 1 fully saturated rings. The second kappa shape index (κ2) is 7.90. The lowest BCUT2D eigenvalue weighted by Crippen LogP contribution is -2.51. The summed E-state index contributed by atoms with van der Waals surface area (Å²) in [6.07, 6.45) is 2.82. The Bertz CT molecular complexity index is 514. The molecule has 1 aliphatic heterocycles. The average molecular weight is 322 g/mol. The van der Waals surface area contributed by atoms with Crippen LogP contribution in [0.25, 0.3) is 0 Å². The van der Waals surface area contributed by atoms with Crippen LogP contribution in [0.5, 0.6) is 0 Å². The normalized spacial score (nSPS) is 23.3. The van der Waals surface area contributed by atoms with E-state index < -0.39 is 0 Å². The number of hydrogen-bond acceptors (Lipinski definition) is 5. The molecule has 0 saturated carbocycles. The number of amides is 1. The van der Waals surface area contributed by atoms with Crippen molar-refractivity contribution in [1.82, 2.24) is 20.4 Å². The molecule has 1 saturated heterocycles. The Labute approximate surface area is 139 Å². The van der Waals surface area contributed by atoms with Crippen LogP contribution in [0, 0.1) is 11.8 Å². The van der Waals surface area contributed by atoms with Crippen LogP contribution in [-0.4, -0.2) is 40.1 Å². The molecule has 1 amide bonds. The predicted octanol–water partition coefficient (Wildman–Crippen LogP) is 2.57. The minimum Gasteiger partial charge on any atom is -0.342 e. The summed E-state index contributed by atoms with van der Waals surface area (Å²) < 4.78 is 5.36. The van der Waals surface area contributed by atoms with Gasteiger partial charge in [0, 0.05) is 31.5 Å². The number of carbonyl (C=O) groups is 1. The molecular weight excluding hydrogens is 292 g/mol. The largest absolute Gasteiger partial charge is 0.342 e. The summed E-state index contributed by atoms with van der Waals surface area (Å²) in [5.41, 5.74) is 0. The van der Waals surface area contributed by atoms with E-state index in [4.69, 9.17) is 4.52 Å². The number of aryl methyl sites for hydroxylation is 1. The van der Waals surface area contributed by atoms with Gasteiger partial charge >= 0.3 is 0 Å². The summed E-state index contributed by atoms with van der Waals surface area (Å²) in [4.78, 5) is 18.6. The third-order valence-electron chi connectivity index (χ3n) is 4.50. The number of likely N-dealkylation sites (tertiary alicyclic amines) is 1. The summed E-state index contributed by atoms with van der Waals surface area (Å²) in [6, 6.07) is 0.399. The molecule has 2 rings (SSSR count). The molecule has 6 nitrogen and oxygen atoms in total. The van der Waals surface area contributed by atoms with E-state index in [-0.39, 0.29) is 17.9 Å². The lowest BCUT2D eigenvalue weighted by atomic mass is 9.92. The maximum absolute atomic E-state index is 12.1. The zero-order valence-electron chi connectivity index (χ0n) is 15.0. The van der Waals surface area contributed by atoms with Crippen molar-refractivity contribution in [3.05, 3.63) is 11.7 Å². The van der Waals surface area contributed by atoms with Gasteiger partial charge in [0.15, 0.2) is 5.82 Å². The monoisotopic (exact) mass is 322 g/mol. The molecule has 1 aromatic rings. The van der Waals surface area contributed by atoms with E-state index in [1.165, 1.54) is 0 Å². The van der Waals surface area contributed by atoms with Gasteiger partial charge in [-0.3, -0.25) is 4.79 Å². The van der Waals surface area contributed by atoms with Gasteiger partial charge in [-0.15, -0.1) is 0 Å². The fourth-order valence-electron chi connectivity index (χ4n) is 3.12. The van der Waals surface area contributed by atoms with E-state index in [1.54, 1.807) is 0 Å². The maximum Gasteiger partial charge on any atom is 0.243 e. The molecule has 1 aromatic heterocycles. The molecule has 6 heteroatoms. The van der Waals surface area contributed by atoms with Crippen LogP contribution in [-0.2, 0) is 11.2 Å². The van der Waals surface area contributed by atoms with Gasteiger partial charge in [0.25, 0.3) is 0 Å². The number of nitrogens with zero attached hydrogens (tertiary/aromatic N) is 3. The lowest BCUT2D eigenvalue weighted by molar-refractivity contribution is -0.136. The molecule has 130 valence electrons.